The van der Waals surface area contributed by atoms with Gasteiger partial charge in [-0.2, -0.15) is 35.1 Å². The Morgan fingerprint density at radius 3 is 2.03 bits per heavy atom. The van der Waals surface area contributed by atoms with E-state index in [1.165, 1.54) is 22.6 Å². The molecule has 0 aliphatic carbocycles. The molecule has 2 atom stereocenters. The molecule has 1 aromatic rings. The van der Waals surface area contributed by atoms with Crippen LogP contribution in [-0.2, 0) is 16.2 Å². The van der Waals surface area contributed by atoms with Crippen LogP contribution in [0.25, 0.3) is 0 Å². The Balaban J connectivity index is 2.40. The van der Waals surface area contributed by atoms with Crippen molar-refractivity contribution in [3.63, 3.8) is 0 Å². The number of carbonyl (C=O) groups is 1. The van der Waals surface area contributed by atoms with E-state index in [4.69, 9.17) is 4.84 Å². The van der Waals surface area contributed by atoms with Crippen LogP contribution in [0.2, 0.25) is 0 Å². The van der Waals surface area contributed by atoms with E-state index in [1.54, 1.807) is 30.3 Å². The molecule has 2 rings (SSSR count). The molecule has 1 heterocycles. The SMILES string of the molecule is C[C@@]1(CC(F)(C(F)(F)F)C(F)(F)C(F)(F)F)C(=O)N(OCc2ccccc2)C/C1=C\I. The number of hydrogen-bond donors (Lipinski definition) is 0. The van der Waals surface area contributed by atoms with E-state index in [2.05, 4.69) is 0 Å². The molecule has 1 saturated heterocycles. The summed E-state index contributed by atoms with van der Waals surface area (Å²) < 4.78 is 121. The van der Waals surface area contributed by atoms with Gasteiger partial charge in [0.25, 0.3) is 11.6 Å². The van der Waals surface area contributed by atoms with Gasteiger partial charge < -0.3 is 0 Å². The van der Waals surface area contributed by atoms with Gasteiger partial charge in [-0.25, -0.2) is 9.45 Å². The van der Waals surface area contributed by atoms with Crippen LogP contribution in [0.5, 0.6) is 0 Å². The monoisotopic (exact) mass is 575 g/mol. The molecule has 1 amide bonds. The van der Waals surface area contributed by atoms with Crippen molar-refractivity contribution >= 4 is 28.5 Å². The highest BCUT2D eigenvalue weighted by Gasteiger charge is 2.82. The van der Waals surface area contributed by atoms with E-state index < -0.39 is 48.2 Å². The van der Waals surface area contributed by atoms with E-state index in [1.807, 2.05) is 0 Å². The van der Waals surface area contributed by atoms with E-state index >= 15 is 0 Å². The van der Waals surface area contributed by atoms with E-state index in [9.17, 15) is 44.3 Å². The highest BCUT2D eigenvalue weighted by atomic mass is 127. The van der Waals surface area contributed by atoms with Gasteiger partial charge in [-0.1, -0.05) is 52.9 Å². The molecule has 0 aromatic heterocycles. The third-order valence-corrected chi connectivity index (χ3v) is 5.73. The molecule has 0 spiro atoms. The first-order valence-electron chi connectivity index (χ1n) is 8.50. The van der Waals surface area contributed by atoms with Gasteiger partial charge in [-0.05, 0) is 22.1 Å². The second kappa shape index (κ2) is 8.45. The normalized spacial score (nSPS) is 24.0. The maximum absolute atomic E-state index is 14.7. The van der Waals surface area contributed by atoms with Crippen LogP contribution in [0.1, 0.15) is 18.9 Å². The molecule has 13 heteroatoms. The molecule has 1 fully saturated rings. The molecule has 0 saturated carbocycles. The average molecular weight is 575 g/mol. The Hall–Kier alpha value is -1.51. The third-order valence-electron chi connectivity index (χ3n) is 4.98. The molecule has 31 heavy (non-hydrogen) atoms. The average Bonchev–Trinajstić information content (AvgIpc) is 2.89. The Kier molecular flexibility index (Phi) is 7.01. The summed E-state index contributed by atoms with van der Waals surface area (Å²) in [5.74, 6) is -8.16. The number of carbonyl (C=O) groups excluding carboxylic acids is 1. The summed E-state index contributed by atoms with van der Waals surface area (Å²) in [6, 6.07) is 8.12. The van der Waals surface area contributed by atoms with E-state index in [-0.39, 0.29) is 12.2 Å². The molecular formula is C18H15F9INO2. The molecule has 1 aromatic carbocycles. The number of halogens is 10. The van der Waals surface area contributed by atoms with Gasteiger partial charge in [0.05, 0.1) is 12.0 Å². The minimum atomic E-state index is -6.84. The Morgan fingerprint density at radius 2 is 1.58 bits per heavy atom. The maximum atomic E-state index is 14.7. The van der Waals surface area contributed by atoms with Gasteiger partial charge in [0, 0.05) is 6.42 Å². The Morgan fingerprint density at radius 1 is 1.03 bits per heavy atom. The lowest BCUT2D eigenvalue weighted by molar-refractivity contribution is -0.387. The zero-order chi connectivity index (χ0) is 23.9. The third kappa shape index (κ3) is 4.52. The largest absolute Gasteiger partial charge is 0.457 e. The number of hydroxylamine groups is 2. The Labute approximate surface area is 184 Å². The van der Waals surface area contributed by atoms with Crippen molar-refractivity contribution in [1.29, 1.82) is 0 Å². The number of rotatable bonds is 6. The lowest BCUT2D eigenvalue weighted by Gasteiger charge is -2.39. The predicted molar refractivity (Wildman–Crippen MR) is 98.7 cm³/mol. The summed E-state index contributed by atoms with van der Waals surface area (Å²) in [5, 5.41) is 0.528. The van der Waals surface area contributed by atoms with Crippen LogP contribution < -0.4 is 0 Å². The van der Waals surface area contributed by atoms with Gasteiger partial charge in [-0.3, -0.25) is 9.63 Å². The van der Waals surface area contributed by atoms with Gasteiger partial charge >= 0.3 is 18.3 Å². The topological polar surface area (TPSA) is 29.5 Å². The molecule has 174 valence electrons. The molecule has 0 bridgehead atoms. The quantitative estimate of drug-likeness (QED) is 0.301. The van der Waals surface area contributed by atoms with Crippen molar-refractivity contribution in [2.75, 3.05) is 6.54 Å². The number of hydrogen-bond acceptors (Lipinski definition) is 2. The van der Waals surface area contributed by atoms with Crippen molar-refractivity contribution in [1.82, 2.24) is 5.06 Å². The summed E-state index contributed by atoms with van der Waals surface area (Å²) in [6.07, 6.45) is -15.9. The van der Waals surface area contributed by atoms with Crippen LogP contribution in [0.3, 0.4) is 0 Å². The lowest BCUT2D eigenvalue weighted by atomic mass is 9.73. The highest BCUT2D eigenvalue weighted by Crippen LogP contribution is 2.59. The van der Waals surface area contributed by atoms with Crippen molar-refractivity contribution in [2.24, 2.45) is 5.41 Å². The van der Waals surface area contributed by atoms with Gasteiger partial charge in [-0.15, -0.1) is 0 Å². The lowest BCUT2D eigenvalue weighted by Crippen LogP contribution is -2.64. The van der Waals surface area contributed by atoms with Crippen molar-refractivity contribution in [3.05, 3.63) is 45.6 Å². The number of amides is 1. The zero-order valence-electron chi connectivity index (χ0n) is 15.6. The van der Waals surface area contributed by atoms with Gasteiger partial charge in [0.15, 0.2) is 0 Å². The summed E-state index contributed by atoms with van der Waals surface area (Å²) in [6.45, 7) is -0.0925. The molecule has 1 unspecified atom stereocenters. The van der Waals surface area contributed by atoms with E-state index in [0.29, 0.717) is 17.6 Å². The minimum Gasteiger partial charge on any atom is -0.272 e. The molecule has 0 radical (unpaired) electrons. The summed E-state index contributed by atoms with van der Waals surface area (Å²) >= 11 is 1.47. The number of benzene rings is 1. The van der Waals surface area contributed by atoms with Crippen LogP contribution >= 0.6 is 22.6 Å². The minimum absolute atomic E-state index is 0.240. The number of nitrogens with zero attached hydrogens (tertiary/aromatic N) is 1. The maximum Gasteiger partial charge on any atom is 0.457 e. The molecular weight excluding hydrogens is 560 g/mol. The van der Waals surface area contributed by atoms with Crippen LogP contribution in [0.4, 0.5) is 39.5 Å². The second-order valence-corrected chi connectivity index (χ2v) is 7.74. The summed E-state index contributed by atoms with van der Waals surface area (Å²) in [5.41, 5.74) is -8.46. The second-order valence-electron chi connectivity index (χ2n) is 7.12. The van der Waals surface area contributed by atoms with E-state index in [0.717, 1.165) is 4.08 Å². The first kappa shape index (κ1) is 25.7. The predicted octanol–water partition coefficient (Wildman–Crippen LogP) is 6.14. The first-order valence-corrected chi connectivity index (χ1v) is 9.74. The summed E-state index contributed by atoms with van der Waals surface area (Å²) in [7, 11) is 0. The standard InChI is InChI=1S/C18H15F9INO2/c1-14(10-15(19,17(22,23)24)16(20,21)18(25,26)27)12(7-28)8-29(13(14)30)31-9-11-5-3-2-4-6-11/h2-7H,8-10H2,1H3/b12-7+/t14-,15?/m0/s1. The van der Waals surface area contributed by atoms with Gasteiger partial charge in [0.1, 0.15) is 6.61 Å². The van der Waals surface area contributed by atoms with Crippen molar-refractivity contribution < 1.29 is 49.1 Å². The van der Waals surface area contributed by atoms with Crippen molar-refractivity contribution in [2.45, 2.75) is 43.9 Å². The molecule has 1 aliphatic rings. The highest BCUT2D eigenvalue weighted by molar-refractivity contribution is 14.1. The van der Waals surface area contributed by atoms with Crippen LogP contribution in [0, 0.1) is 5.41 Å². The van der Waals surface area contributed by atoms with Crippen LogP contribution in [0.15, 0.2) is 40.0 Å². The first-order chi connectivity index (χ1) is 14.0. The molecule has 0 N–H and O–H groups in total. The zero-order valence-corrected chi connectivity index (χ0v) is 17.8. The van der Waals surface area contributed by atoms with Crippen molar-refractivity contribution in [3.8, 4) is 0 Å². The fourth-order valence-electron chi connectivity index (χ4n) is 3.09. The fraction of sp³-hybridized carbons (Fsp3) is 0.500. The summed E-state index contributed by atoms with van der Waals surface area (Å²) in [4.78, 5) is 17.9. The van der Waals surface area contributed by atoms with Crippen LogP contribution in [-0.4, -0.2) is 41.5 Å². The molecule has 3 nitrogen and oxygen atoms in total. The number of alkyl halides is 9. The Bertz CT molecular complexity index is 841. The smallest absolute Gasteiger partial charge is 0.272 e. The molecule has 1 aliphatic heterocycles. The van der Waals surface area contributed by atoms with Gasteiger partial charge in [0.2, 0.25) is 0 Å². The fourth-order valence-corrected chi connectivity index (χ4v) is 3.97.